The highest BCUT2D eigenvalue weighted by atomic mass is 35.5. The molecule has 0 bridgehead atoms. The lowest BCUT2D eigenvalue weighted by atomic mass is 9.93. The van der Waals surface area contributed by atoms with Gasteiger partial charge in [-0.1, -0.05) is 66.2 Å². The molecule has 2 aliphatic rings. The standard InChI is InChI=1S/C45H51ClF3N7O4S3/c1-31-25-40-42(28-56(31)36-20-23-55(24-21-36)27-33-9-7-8-12-39(33)32-13-15-34(46)16-14-32)50-30-51-44(40)53-63(59,60)38-17-18-41(43(26-38)62(57,58)45(47,48)49)52-35(19-22-54(2)3)29-61-37-10-5-4-6-11-37/h4-18,26,30-31,35-36,52H,19-25,27-29H2,1-3H3,(H,50,51,53)/t31?,35-/m1/s1. The Labute approximate surface area is 377 Å². The van der Waals surface area contributed by atoms with E-state index in [-0.39, 0.29) is 23.6 Å². The number of fused-ring (bicyclic) bond motifs is 1. The van der Waals surface area contributed by atoms with Gasteiger partial charge in [0.2, 0.25) is 0 Å². The van der Waals surface area contributed by atoms with Gasteiger partial charge >= 0.3 is 5.51 Å². The largest absolute Gasteiger partial charge is 0.501 e. The van der Waals surface area contributed by atoms with E-state index in [1.165, 1.54) is 29.2 Å². The second kappa shape index (κ2) is 19.9. The number of aromatic nitrogens is 2. The van der Waals surface area contributed by atoms with Gasteiger partial charge in [-0.15, -0.1) is 11.8 Å². The van der Waals surface area contributed by atoms with Crippen molar-refractivity contribution in [2.75, 3.05) is 49.5 Å². The van der Waals surface area contributed by atoms with Crippen LogP contribution in [0.25, 0.3) is 11.1 Å². The van der Waals surface area contributed by atoms with Crippen molar-refractivity contribution in [3.8, 4) is 11.1 Å². The molecule has 11 nitrogen and oxygen atoms in total. The summed E-state index contributed by atoms with van der Waals surface area (Å²) in [6.07, 6.45) is 4.02. The number of hydrogen-bond donors (Lipinski definition) is 2. The molecular formula is C45H51ClF3N7O4S3. The zero-order valence-electron chi connectivity index (χ0n) is 35.2. The van der Waals surface area contributed by atoms with E-state index in [9.17, 15) is 30.0 Å². The van der Waals surface area contributed by atoms with Crippen LogP contribution in [0.5, 0.6) is 0 Å². The molecule has 1 aromatic heterocycles. The number of anilines is 2. The highest BCUT2D eigenvalue weighted by Crippen LogP contribution is 2.38. The number of hydrogen-bond acceptors (Lipinski definition) is 11. The molecule has 0 saturated carbocycles. The van der Waals surface area contributed by atoms with E-state index in [4.69, 9.17) is 11.6 Å². The van der Waals surface area contributed by atoms with Gasteiger partial charge in [-0.25, -0.2) is 26.8 Å². The molecule has 2 atom stereocenters. The maximum atomic E-state index is 14.2. The topological polar surface area (TPSA) is 128 Å². The van der Waals surface area contributed by atoms with Gasteiger partial charge in [0, 0.05) is 52.4 Å². The third kappa shape index (κ3) is 11.4. The Morgan fingerprint density at radius 3 is 2.32 bits per heavy atom. The van der Waals surface area contributed by atoms with E-state index in [1.807, 2.05) is 79.7 Å². The predicted molar refractivity (Wildman–Crippen MR) is 244 cm³/mol. The van der Waals surface area contributed by atoms with E-state index in [1.54, 1.807) is 0 Å². The monoisotopic (exact) mass is 941 g/mol. The van der Waals surface area contributed by atoms with Crippen molar-refractivity contribution in [2.45, 2.75) is 84.0 Å². The van der Waals surface area contributed by atoms with Gasteiger partial charge in [0.05, 0.1) is 16.3 Å². The number of nitrogens with one attached hydrogen (secondary N) is 2. The molecule has 4 aromatic carbocycles. The number of halogens is 4. The third-order valence-electron chi connectivity index (χ3n) is 11.6. The number of nitrogens with zero attached hydrogens (tertiary/aromatic N) is 5. The first-order valence-electron chi connectivity index (χ1n) is 20.7. The summed E-state index contributed by atoms with van der Waals surface area (Å²) in [5.74, 6) is 0.407. The minimum atomic E-state index is -5.99. The second-order valence-electron chi connectivity index (χ2n) is 16.3. The minimum Gasteiger partial charge on any atom is -0.380 e. The molecule has 1 unspecified atom stereocenters. The first-order chi connectivity index (χ1) is 30.0. The number of alkyl halides is 3. The van der Waals surface area contributed by atoms with Crippen LogP contribution >= 0.6 is 23.4 Å². The Morgan fingerprint density at radius 2 is 1.62 bits per heavy atom. The quantitative estimate of drug-likeness (QED) is 0.0922. The van der Waals surface area contributed by atoms with Gasteiger partial charge in [0.15, 0.2) is 0 Å². The number of sulfone groups is 1. The molecule has 336 valence electrons. The van der Waals surface area contributed by atoms with Crippen LogP contribution in [0, 0.1) is 0 Å². The number of benzene rings is 4. The molecule has 3 heterocycles. The fourth-order valence-corrected chi connectivity index (χ4v) is 11.4. The molecule has 7 rings (SSSR count). The van der Waals surface area contributed by atoms with Crippen molar-refractivity contribution >= 4 is 54.7 Å². The number of likely N-dealkylation sites (tertiary alicyclic amines) is 1. The van der Waals surface area contributed by atoms with Crippen LogP contribution in [-0.4, -0.2) is 105 Å². The van der Waals surface area contributed by atoms with E-state index < -0.39 is 41.2 Å². The van der Waals surface area contributed by atoms with Gasteiger partial charge in [0.25, 0.3) is 19.9 Å². The van der Waals surface area contributed by atoms with Crippen LogP contribution in [0.3, 0.4) is 0 Å². The smallest absolute Gasteiger partial charge is 0.380 e. The molecule has 0 spiro atoms. The van der Waals surface area contributed by atoms with Crippen LogP contribution in [-0.2, 0) is 39.4 Å². The van der Waals surface area contributed by atoms with Gasteiger partial charge in [-0.05, 0) is 125 Å². The summed E-state index contributed by atoms with van der Waals surface area (Å²) in [5.41, 5.74) is -1.25. The average Bonchev–Trinajstić information content (AvgIpc) is 3.25. The first-order valence-corrected chi connectivity index (χ1v) is 25.0. The van der Waals surface area contributed by atoms with Crippen molar-refractivity contribution in [3.05, 3.63) is 125 Å². The minimum absolute atomic E-state index is 0.00307. The summed E-state index contributed by atoms with van der Waals surface area (Å²) in [6.45, 7) is 5.71. The van der Waals surface area contributed by atoms with Gasteiger partial charge in [-0.3, -0.25) is 14.5 Å². The third-order valence-corrected chi connectivity index (χ3v) is 15.9. The molecule has 0 amide bonds. The number of thioether (sulfide) groups is 1. The highest BCUT2D eigenvalue weighted by molar-refractivity contribution is 7.99. The van der Waals surface area contributed by atoms with Crippen LogP contribution in [0.1, 0.15) is 43.0 Å². The van der Waals surface area contributed by atoms with E-state index in [2.05, 4.69) is 54.9 Å². The lowest BCUT2D eigenvalue weighted by molar-refractivity contribution is -0.0435. The first kappa shape index (κ1) is 46.8. The van der Waals surface area contributed by atoms with Crippen LogP contribution in [0.2, 0.25) is 5.02 Å². The van der Waals surface area contributed by atoms with Crippen molar-refractivity contribution < 1.29 is 30.0 Å². The van der Waals surface area contributed by atoms with Crippen LogP contribution < -0.4 is 10.0 Å². The normalized spacial score (nSPS) is 17.4. The second-order valence-corrected chi connectivity index (χ2v) is 21.4. The fraction of sp³-hybridized carbons (Fsp3) is 0.378. The molecule has 2 aliphatic heterocycles. The fourth-order valence-electron chi connectivity index (χ4n) is 8.20. The van der Waals surface area contributed by atoms with Gasteiger partial charge < -0.3 is 10.2 Å². The van der Waals surface area contributed by atoms with Gasteiger partial charge in [-0.2, -0.15) is 13.2 Å². The molecule has 1 fully saturated rings. The SMILES string of the molecule is CC1Cc2c(ncnc2NS(=O)(=O)c2ccc(N[C@H](CCN(C)C)CSc3ccccc3)c(S(=O)(=O)C(F)(F)F)c2)CN1C1CCN(Cc2ccccc2-c2ccc(Cl)cc2)CC1. The molecule has 63 heavy (non-hydrogen) atoms. The molecule has 5 aromatic rings. The summed E-state index contributed by atoms with van der Waals surface area (Å²) in [6, 6.07) is 28.3. The Morgan fingerprint density at radius 1 is 0.921 bits per heavy atom. The average molecular weight is 943 g/mol. The summed E-state index contributed by atoms with van der Waals surface area (Å²) >= 11 is 7.62. The molecule has 2 N–H and O–H groups in total. The number of piperidine rings is 1. The Hall–Kier alpha value is -4.23. The molecule has 1 saturated heterocycles. The van der Waals surface area contributed by atoms with E-state index >= 15 is 0 Å². The number of rotatable bonds is 16. The Bertz CT molecular complexity index is 2580. The zero-order valence-corrected chi connectivity index (χ0v) is 38.4. The lowest BCUT2D eigenvalue weighted by Gasteiger charge is -2.44. The lowest BCUT2D eigenvalue weighted by Crippen LogP contribution is -2.50. The highest BCUT2D eigenvalue weighted by Gasteiger charge is 2.48. The summed E-state index contributed by atoms with van der Waals surface area (Å²) < 4.78 is 99.1. The Balaban J connectivity index is 1.06. The van der Waals surface area contributed by atoms with E-state index in [0.717, 1.165) is 55.1 Å². The van der Waals surface area contributed by atoms with Crippen molar-refractivity contribution in [1.29, 1.82) is 0 Å². The van der Waals surface area contributed by atoms with Crippen LogP contribution in [0.4, 0.5) is 24.7 Å². The molecule has 18 heteroatoms. The Kier molecular flexibility index (Phi) is 14.8. The van der Waals surface area contributed by atoms with Crippen LogP contribution in [0.15, 0.2) is 118 Å². The van der Waals surface area contributed by atoms with Gasteiger partial charge in [0.1, 0.15) is 17.0 Å². The summed E-state index contributed by atoms with van der Waals surface area (Å²) in [5, 5.41) is 3.70. The molecule has 0 radical (unpaired) electrons. The van der Waals surface area contributed by atoms with E-state index in [0.29, 0.717) is 54.0 Å². The molecule has 0 aliphatic carbocycles. The zero-order chi connectivity index (χ0) is 44.9. The number of sulfonamides is 1. The van der Waals surface area contributed by atoms with Crippen molar-refractivity contribution in [1.82, 2.24) is 24.7 Å². The van der Waals surface area contributed by atoms with Crippen molar-refractivity contribution in [3.63, 3.8) is 0 Å². The van der Waals surface area contributed by atoms with Crippen molar-refractivity contribution in [2.24, 2.45) is 0 Å². The maximum Gasteiger partial charge on any atom is 0.501 e. The summed E-state index contributed by atoms with van der Waals surface area (Å²) in [7, 11) is -6.91. The predicted octanol–water partition coefficient (Wildman–Crippen LogP) is 8.83. The summed E-state index contributed by atoms with van der Waals surface area (Å²) in [4.78, 5) is 14.7. The molecular weight excluding hydrogens is 891 g/mol. The maximum absolute atomic E-state index is 14.2.